The number of sulfonamides is 1. The summed E-state index contributed by atoms with van der Waals surface area (Å²) >= 11 is 0. The van der Waals surface area contributed by atoms with Crippen molar-refractivity contribution in [1.82, 2.24) is 10.2 Å². The second-order valence-electron chi connectivity index (χ2n) is 7.88. The standard InChI is InChI=1S/C20H27N3O5S/c1-13(2)14(3)21-18(24)12-28-20(25)15-7-6-10-23(11-15)19-16-8-4-5-9-17(16)29(26,27)22-19/h4-5,8-9,13-15H,6-7,10-12H2,1-3H3,(H,21,24)/t14-,15-/m1/s1. The van der Waals surface area contributed by atoms with E-state index in [1.807, 2.05) is 25.7 Å². The van der Waals surface area contributed by atoms with Gasteiger partial charge in [-0.25, -0.2) is 0 Å². The van der Waals surface area contributed by atoms with E-state index in [2.05, 4.69) is 9.71 Å². The number of benzene rings is 1. The maximum Gasteiger partial charge on any atom is 0.311 e. The third-order valence-corrected chi connectivity index (χ3v) is 6.73. The smallest absolute Gasteiger partial charge is 0.311 e. The van der Waals surface area contributed by atoms with E-state index in [0.29, 0.717) is 37.3 Å². The summed E-state index contributed by atoms with van der Waals surface area (Å²) in [6, 6.07) is 6.68. The average Bonchev–Trinajstić information content (AvgIpc) is 2.97. The van der Waals surface area contributed by atoms with E-state index in [4.69, 9.17) is 4.74 Å². The van der Waals surface area contributed by atoms with Crippen LogP contribution in [0.5, 0.6) is 0 Å². The van der Waals surface area contributed by atoms with Gasteiger partial charge in [-0.15, -0.1) is 4.40 Å². The quantitative estimate of drug-likeness (QED) is 0.724. The molecule has 0 aromatic heterocycles. The number of nitrogens with zero attached hydrogens (tertiary/aromatic N) is 2. The number of piperidine rings is 1. The number of amidine groups is 1. The van der Waals surface area contributed by atoms with Gasteiger partial charge >= 0.3 is 5.97 Å². The van der Waals surface area contributed by atoms with E-state index in [0.717, 1.165) is 0 Å². The molecule has 158 valence electrons. The highest BCUT2D eigenvalue weighted by atomic mass is 32.2. The largest absolute Gasteiger partial charge is 0.455 e. The molecular weight excluding hydrogens is 394 g/mol. The summed E-state index contributed by atoms with van der Waals surface area (Å²) in [5, 5.41) is 2.80. The van der Waals surface area contributed by atoms with Gasteiger partial charge in [-0.2, -0.15) is 8.42 Å². The molecular formula is C20H27N3O5S. The fourth-order valence-electron chi connectivity index (χ4n) is 3.40. The number of hydrogen-bond acceptors (Lipinski definition) is 6. The van der Waals surface area contributed by atoms with Crippen LogP contribution in [0.2, 0.25) is 0 Å². The number of fused-ring (bicyclic) bond motifs is 1. The summed E-state index contributed by atoms with van der Waals surface area (Å²) in [4.78, 5) is 26.4. The van der Waals surface area contributed by atoms with E-state index in [9.17, 15) is 18.0 Å². The Morgan fingerprint density at radius 3 is 2.72 bits per heavy atom. The topological polar surface area (TPSA) is 105 Å². The molecule has 29 heavy (non-hydrogen) atoms. The van der Waals surface area contributed by atoms with E-state index in [1.54, 1.807) is 18.2 Å². The molecule has 1 N–H and O–H groups in total. The number of carbonyl (C=O) groups is 2. The molecule has 0 radical (unpaired) electrons. The molecule has 0 bridgehead atoms. The van der Waals surface area contributed by atoms with Crippen molar-refractivity contribution in [2.45, 2.75) is 44.6 Å². The van der Waals surface area contributed by atoms with E-state index in [1.165, 1.54) is 6.07 Å². The predicted octanol–water partition coefficient (Wildman–Crippen LogP) is 1.55. The third-order valence-electron chi connectivity index (χ3n) is 5.40. The maximum atomic E-state index is 12.5. The Hall–Kier alpha value is -2.42. The van der Waals surface area contributed by atoms with Crippen molar-refractivity contribution in [3.63, 3.8) is 0 Å². The van der Waals surface area contributed by atoms with Crippen molar-refractivity contribution < 1.29 is 22.7 Å². The van der Waals surface area contributed by atoms with Crippen LogP contribution in [0.1, 0.15) is 39.2 Å². The van der Waals surface area contributed by atoms with Crippen molar-refractivity contribution in [2.75, 3.05) is 19.7 Å². The molecule has 0 aliphatic carbocycles. The van der Waals surface area contributed by atoms with Crippen molar-refractivity contribution >= 4 is 27.7 Å². The number of amides is 1. The van der Waals surface area contributed by atoms with Crippen molar-refractivity contribution in [3.05, 3.63) is 29.8 Å². The van der Waals surface area contributed by atoms with Gasteiger partial charge in [-0.1, -0.05) is 26.0 Å². The Kier molecular flexibility index (Phi) is 6.26. The number of carbonyl (C=O) groups excluding carboxylic acids is 2. The van der Waals surface area contributed by atoms with Gasteiger partial charge in [0.05, 0.1) is 5.92 Å². The molecule has 3 rings (SSSR count). The zero-order chi connectivity index (χ0) is 21.2. The molecule has 2 aliphatic heterocycles. The minimum Gasteiger partial charge on any atom is -0.455 e. The molecule has 2 heterocycles. The molecule has 0 unspecified atom stereocenters. The lowest BCUT2D eigenvalue weighted by molar-refractivity contribution is -0.154. The minimum atomic E-state index is -3.70. The van der Waals surface area contributed by atoms with E-state index >= 15 is 0 Å². The molecule has 1 aromatic carbocycles. The van der Waals surface area contributed by atoms with Crippen LogP contribution in [0, 0.1) is 11.8 Å². The van der Waals surface area contributed by atoms with Gasteiger partial charge in [0.25, 0.3) is 15.9 Å². The molecule has 9 heteroatoms. The van der Waals surface area contributed by atoms with Crippen LogP contribution < -0.4 is 5.32 Å². The molecule has 1 aromatic rings. The zero-order valence-corrected chi connectivity index (χ0v) is 17.7. The summed E-state index contributed by atoms with van der Waals surface area (Å²) in [5.41, 5.74) is 0.559. The van der Waals surface area contributed by atoms with Crippen molar-refractivity contribution in [3.8, 4) is 0 Å². The normalized spacial score (nSPS) is 21.3. The third kappa shape index (κ3) is 4.77. The Labute approximate surface area is 171 Å². The Morgan fingerprint density at radius 1 is 1.28 bits per heavy atom. The lowest BCUT2D eigenvalue weighted by Gasteiger charge is -2.32. The maximum absolute atomic E-state index is 12.5. The molecule has 8 nitrogen and oxygen atoms in total. The van der Waals surface area contributed by atoms with Crippen LogP contribution in [0.15, 0.2) is 33.6 Å². The first kappa shape index (κ1) is 21.3. The fourth-order valence-corrected chi connectivity index (χ4v) is 4.62. The lowest BCUT2D eigenvalue weighted by Crippen LogP contribution is -2.44. The highest BCUT2D eigenvalue weighted by Crippen LogP contribution is 2.29. The highest BCUT2D eigenvalue weighted by molar-refractivity contribution is 7.90. The summed E-state index contributed by atoms with van der Waals surface area (Å²) in [6.07, 6.45) is 1.33. The summed E-state index contributed by atoms with van der Waals surface area (Å²) in [7, 11) is -3.70. The summed E-state index contributed by atoms with van der Waals surface area (Å²) < 4.78 is 33.7. The molecule has 0 saturated carbocycles. The van der Waals surface area contributed by atoms with Gasteiger partial charge in [-0.3, -0.25) is 9.59 Å². The highest BCUT2D eigenvalue weighted by Gasteiger charge is 2.35. The number of nitrogens with one attached hydrogen (secondary N) is 1. The second kappa shape index (κ2) is 8.52. The molecule has 1 saturated heterocycles. The van der Waals surface area contributed by atoms with E-state index in [-0.39, 0.29) is 29.4 Å². The number of likely N-dealkylation sites (tertiary alicyclic amines) is 1. The SMILES string of the molecule is CC(C)[C@@H](C)NC(=O)COC(=O)[C@@H]1CCCN(C2=NS(=O)(=O)c3ccccc32)C1. The van der Waals surface area contributed by atoms with Gasteiger partial charge < -0.3 is 15.0 Å². The van der Waals surface area contributed by atoms with Gasteiger partial charge in [0.15, 0.2) is 12.4 Å². The zero-order valence-electron chi connectivity index (χ0n) is 16.9. The first-order valence-corrected chi connectivity index (χ1v) is 11.3. The Balaban J connectivity index is 1.61. The number of hydrogen-bond donors (Lipinski definition) is 1. The monoisotopic (exact) mass is 421 g/mol. The van der Waals surface area contributed by atoms with Gasteiger partial charge in [0.1, 0.15) is 4.90 Å². The van der Waals surface area contributed by atoms with Gasteiger partial charge in [-0.05, 0) is 37.8 Å². The lowest BCUT2D eigenvalue weighted by atomic mass is 9.97. The number of esters is 1. The fraction of sp³-hybridized carbons (Fsp3) is 0.550. The first-order chi connectivity index (χ1) is 13.7. The van der Waals surface area contributed by atoms with Crippen molar-refractivity contribution in [1.29, 1.82) is 0 Å². The Bertz CT molecular complexity index is 926. The van der Waals surface area contributed by atoms with E-state index < -0.39 is 21.9 Å². The second-order valence-corrected chi connectivity index (χ2v) is 9.45. The minimum absolute atomic E-state index is 0.00577. The van der Waals surface area contributed by atoms with Crippen LogP contribution in [0.25, 0.3) is 0 Å². The predicted molar refractivity (Wildman–Crippen MR) is 108 cm³/mol. The summed E-state index contributed by atoms with van der Waals surface area (Å²) in [5.74, 6) is -0.545. The average molecular weight is 422 g/mol. The molecule has 1 amide bonds. The van der Waals surface area contributed by atoms with Gasteiger partial charge in [0.2, 0.25) is 0 Å². The van der Waals surface area contributed by atoms with Crippen LogP contribution in [-0.2, 0) is 24.3 Å². The van der Waals surface area contributed by atoms with Crippen LogP contribution in [0.4, 0.5) is 0 Å². The number of rotatable bonds is 5. The summed E-state index contributed by atoms with van der Waals surface area (Å²) in [6.45, 7) is 6.50. The van der Waals surface area contributed by atoms with Crippen LogP contribution in [-0.4, -0.2) is 56.8 Å². The van der Waals surface area contributed by atoms with Crippen molar-refractivity contribution in [2.24, 2.45) is 16.2 Å². The van der Waals surface area contributed by atoms with Gasteiger partial charge in [0, 0.05) is 24.7 Å². The first-order valence-electron chi connectivity index (χ1n) is 9.84. The molecule has 1 fully saturated rings. The van der Waals surface area contributed by atoms with Crippen LogP contribution in [0.3, 0.4) is 0 Å². The molecule has 0 spiro atoms. The Morgan fingerprint density at radius 2 is 2.00 bits per heavy atom. The molecule has 2 aliphatic rings. The van der Waals surface area contributed by atoms with Crippen LogP contribution >= 0.6 is 0 Å². The molecule has 2 atom stereocenters. The number of ether oxygens (including phenoxy) is 1.